The van der Waals surface area contributed by atoms with Gasteiger partial charge >= 0.3 is 0 Å². The highest BCUT2D eigenvalue weighted by Gasteiger charge is 2.20. The van der Waals surface area contributed by atoms with Gasteiger partial charge in [-0.3, -0.25) is 9.89 Å². The van der Waals surface area contributed by atoms with E-state index in [0.29, 0.717) is 22.6 Å². The van der Waals surface area contributed by atoms with Gasteiger partial charge in [0.1, 0.15) is 5.82 Å². The van der Waals surface area contributed by atoms with Gasteiger partial charge in [0.25, 0.3) is 5.91 Å². The predicted molar refractivity (Wildman–Crippen MR) is 117 cm³/mol. The number of pyridine rings is 1. The third kappa shape index (κ3) is 4.02. The number of nitrogens with zero attached hydrogens (tertiary/aromatic N) is 3. The van der Waals surface area contributed by atoms with Crippen LogP contribution in [0.4, 0.5) is 10.2 Å². The number of rotatable bonds is 6. The van der Waals surface area contributed by atoms with Gasteiger partial charge in [0.2, 0.25) is 5.22 Å². The second-order valence-electron chi connectivity index (χ2n) is 7.49. The molecule has 0 spiro atoms. The Hall–Kier alpha value is -3.50. The van der Waals surface area contributed by atoms with E-state index in [2.05, 4.69) is 40.8 Å². The van der Waals surface area contributed by atoms with Crippen molar-refractivity contribution in [2.45, 2.75) is 19.0 Å². The second-order valence-corrected chi connectivity index (χ2v) is 7.87. The van der Waals surface area contributed by atoms with Crippen LogP contribution in [0, 0.1) is 5.82 Å². The first-order chi connectivity index (χ1) is 15.6. The highest BCUT2D eigenvalue weighted by atomic mass is 35.5. The van der Waals surface area contributed by atoms with Crippen molar-refractivity contribution < 1.29 is 13.7 Å². The Morgan fingerprint density at radius 2 is 2.22 bits per heavy atom. The Morgan fingerprint density at radius 3 is 2.97 bits per heavy atom. The molecule has 1 atom stereocenters. The monoisotopic (exact) mass is 455 g/mol. The lowest BCUT2D eigenvalue weighted by Crippen LogP contribution is -2.23. The van der Waals surface area contributed by atoms with Gasteiger partial charge in [-0.15, -0.1) is 0 Å². The molecule has 4 N–H and O–H groups in total. The van der Waals surface area contributed by atoms with Crippen molar-refractivity contribution in [3.05, 3.63) is 58.8 Å². The molecule has 4 aromatic rings. The lowest BCUT2D eigenvalue weighted by molar-refractivity contribution is 0.0941. The van der Waals surface area contributed by atoms with E-state index in [9.17, 15) is 9.18 Å². The summed E-state index contributed by atoms with van der Waals surface area (Å²) in [6.07, 6.45) is 2.66. The molecule has 3 aromatic heterocycles. The summed E-state index contributed by atoms with van der Waals surface area (Å²) in [6.45, 7) is 1.81. The van der Waals surface area contributed by atoms with E-state index >= 15 is 0 Å². The van der Waals surface area contributed by atoms with E-state index in [-0.39, 0.29) is 23.5 Å². The normalized spacial score (nSPS) is 15.9. The van der Waals surface area contributed by atoms with E-state index in [1.165, 1.54) is 12.1 Å². The van der Waals surface area contributed by atoms with Gasteiger partial charge in [0.15, 0.2) is 17.2 Å². The van der Waals surface area contributed by atoms with E-state index in [1.807, 2.05) is 6.07 Å². The maximum absolute atomic E-state index is 14.9. The number of fused-ring (bicyclic) bond motifs is 1. The molecule has 1 aliphatic rings. The van der Waals surface area contributed by atoms with Gasteiger partial charge in [-0.05, 0) is 47.8 Å². The molecular weight excluding hydrogens is 437 g/mol. The molecule has 0 bridgehead atoms. The molecule has 1 aromatic carbocycles. The molecule has 1 saturated heterocycles. The van der Waals surface area contributed by atoms with Crippen molar-refractivity contribution in [1.29, 1.82) is 0 Å². The number of H-pyrrole nitrogens is 1. The van der Waals surface area contributed by atoms with Gasteiger partial charge in [-0.25, -0.2) is 9.37 Å². The molecule has 0 aliphatic carbocycles. The average molecular weight is 456 g/mol. The predicted octanol–water partition coefficient (Wildman–Crippen LogP) is 3.11. The molecule has 11 heteroatoms. The van der Waals surface area contributed by atoms with Crippen molar-refractivity contribution in [2.24, 2.45) is 0 Å². The number of amides is 1. The van der Waals surface area contributed by atoms with Crippen LogP contribution in [0.15, 0.2) is 41.1 Å². The summed E-state index contributed by atoms with van der Waals surface area (Å²) in [5, 5.41) is 21.0. The molecule has 1 aliphatic heterocycles. The zero-order valence-corrected chi connectivity index (χ0v) is 17.5. The number of nitrogens with one attached hydrogen (secondary N) is 4. The van der Waals surface area contributed by atoms with E-state index in [4.69, 9.17) is 11.6 Å². The number of aromatic amines is 1. The van der Waals surface area contributed by atoms with Crippen molar-refractivity contribution >= 4 is 34.4 Å². The summed E-state index contributed by atoms with van der Waals surface area (Å²) < 4.78 is 19.5. The highest BCUT2D eigenvalue weighted by molar-refractivity contribution is 6.29. The number of halogens is 2. The molecular formula is C21H19ClFN7O2. The topological polar surface area (TPSA) is 121 Å². The molecule has 0 unspecified atom stereocenters. The number of hydrogen-bond acceptors (Lipinski definition) is 7. The Bertz CT molecular complexity index is 1280. The Morgan fingerprint density at radius 1 is 1.31 bits per heavy atom. The minimum absolute atomic E-state index is 0.00558. The van der Waals surface area contributed by atoms with Crippen LogP contribution in [-0.4, -0.2) is 45.4 Å². The second kappa shape index (κ2) is 8.56. The third-order valence-corrected chi connectivity index (χ3v) is 5.56. The van der Waals surface area contributed by atoms with Crippen LogP contribution >= 0.6 is 11.6 Å². The van der Waals surface area contributed by atoms with Crippen LogP contribution < -0.4 is 16.0 Å². The number of anilines is 1. The molecule has 5 rings (SSSR count). The first kappa shape index (κ1) is 20.4. The van der Waals surface area contributed by atoms with Gasteiger partial charge in [0, 0.05) is 37.0 Å². The summed E-state index contributed by atoms with van der Waals surface area (Å²) in [4.78, 5) is 16.4. The molecule has 0 radical (unpaired) electrons. The highest BCUT2D eigenvalue weighted by Crippen LogP contribution is 2.33. The number of aromatic nitrogens is 4. The lowest BCUT2D eigenvalue weighted by atomic mass is 10.0. The lowest BCUT2D eigenvalue weighted by Gasteiger charge is -2.12. The van der Waals surface area contributed by atoms with Crippen molar-refractivity contribution in [3.63, 3.8) is 0 Å². The minimum atomic E-state index is -0.504. The maximum atomic E-state index is 14.9. The summed E-state index contributed by atoms with van der Waals surface area (Å²) in [5.41, 5.74) is 2.48. The smallest absolute Gasteiger partial charge is 0.273 e. The average Bonchev–Trinajstić information content (AvgIpc) is 3.55. The van der Waals surface area contributed by atoms with Gasteiger partial charge in [-0.1, -0.05) is 17.3 Å². The number of carbonyl (C=O) groups is 1. The van der Waals surface area contributed by atoms with Crippen LogP contribution in [0.25, 0.3) is 22.2 Å². The summed E-state index contributed by atoms with van der Waals surface area (Å²) in [6, 6.07) is 8.29. The fourth-order valence-corrected chi connectivity index (χ4v) is 3.89. The molecule has 1 fully saturated rings. The number of carbonyl (C=O) groups excluding carboxylic acids is 1. The van der Waals surface area contributed by atoms with Crippen molar-refractivity contribution in [3.8, 4) is 11.1 Å². The largest absolute Gasteiger partial charge is 0.364 e. The zero-order valence-electron chi connectivity index (χ0n) is 16.8. The first-order valence-electron chi connectivity index (χ1n) is 10.1. The van der Waals surface area contributed by atoms with E-state index in [1.54, 1.807) is 18.3 Å². The van der Waals surface area contributed by atoms with E-state index in [0.717, 1.165) is 30.5 Å². The zero-order chi connectivity index (χ0) is 22.1. The Kier molecular flexibility index (Phi) is 5.46. The number of benzene rings is 1. The Labute approximate surface area is 186 Å². The maximum Gasteiger partial charge on any atom is 0.273 e. The molecule has 9 nitrogen and oxygen atoms in total. The molecule has 32 heavy (non-hydrogen) atoms. The fourth-order valence-electron chi connectivity index (χ4n) is 3.75. The van der Waals surface area contributed by atoms with Gasteiger partial charge in [0.05, 0.1) is 5.39 Å². The Balaban J connectivity index is 1.38. The quantitative estimate of drug-likeness (QED) is 0.352. The summed E-state index contributed by atoms with van der Waals surface area (Å²) >= 11 is 5.63. The minimum Gasteiger partial charge on any atom is -0.364 e. The SMILES string of the molecule is O=C(NCc1ccc(-c2ccnc3[nH]nc(N[C@@H]4CCNC4)c23)cc1F)c1cc(Cl)on1. The van der Waals surface area contributed by atoms with Crippen LogP contribution in [0.5, 0.6) is 0 Å². The molecule has 164 valence electrons. The van der Waals surface area contributed by atoms with Crippen LogP contribution in [0.2, 0.25) is 5.22 Å². The van der Waals surface area contributed by atoms with Crippen molar-refractivity contribution in [1.82, 2.24) is 31.0 Å². The molecule has 4 heterocycles. The van der Waals surface area contributed by atoms with Crippen LogP contribution in [-0.2, 0) is 6.54 Å². The van der Waals surface area contributed by atoms with Gasteiger partial charge in [-0.2, -0.15) is 5.10 Å². The third-order valence-electron chi connectivity index (χ3n) is 5.38. The fraction of sp³-hybridized carbons (Fsp3) is 0.238. The standard InChI is InChI=1S/C21H19ClFN7O2/c22-17-8-16(30-32-17)21(31)26-9-12-2-1-11(7-15(12)23)14-4-6-25-19-18(14)20(29-28-19)27-13-3-5-24-10-13/h1-2,4,6-8,13,24H,3,5,9-10H2,(H,26,31)(H2,25,27,28,29)/t13-/m1/s1. The number of hydrogen-bond donors (Lipinski definition) is 4. The van der Waals surface area contributed by atoms with Crippen LogP contribution in [0.1, 0.15) is 22.5 Å². The summed E-state index contributed by atoms with van der Waals surface area (Å²) in [5.74, 6) is -0.251. The van der Waals surface area contributed by atoms with Gasteiger partial charge < -0.3 is 20.5 Å². The first-order valence-corrected chi connectivity index (χ1v) is 10.5. The molecule has 1 amide bonds. The van der Waals surface area contributed by atoms with Crippen molar-refractivity contribution in [2.75, 3.05) is 18.4 Å². The van der Waals surface area contributed by atoms with E-state index < -0.39 is 11.7 Å². The summed E-state index contributed by atoms with van der Waals surface area (Å²) in [7, 11) is 0. The molecule has 0 saturated carbocycles. The van der Waals surface area contributed by atoms with Crippen LogP contribution in [0.3, 0.4) is 0 Å².